The second-order valence-corrected chi connectivity index (χ2v) is 14.2. The molecule has 0 aliphatic carbocycles. The van der Waals surface area contributed by atoms with E-state index in [0.29, 0.717) is 0 Å². The van der Waals surface area contributed by atoms with Gasteiger partial charge in [0.1, 0.15) is 11.2 Å². The Labute approximate surface area is 292 Å². The quantitative estimate of drug-likeness (QED) is 0.173. The van der Waals surface area contributed by atoms with Gasteiger partial charge in [0.05, 0.1) is 0 Å². The van der Waals surface area contributed by atoms with Crippen molar-refractivity contribution < 1.29 is 4.42 Å². The molecule has 11 rings (SSSR count). The standard InChI is InChI=1S/C48H28OS/c1-2-13-29(14-3-1)44-35-20-6-8-22-37(35)45(38-23-9-7-21-36(38)44)31-16-12-15-30(27-31)40-28-42-46(34-19-5-4-17-32(34)40)47-41(49-42)26-25-39-33-18-10-11-24-43(33)50-48(39)47/h1-28H. The van der Waals surface area contributed by atoms with Crippen LogP contribution in [0.15, 0.2) is 174 Å². The normalized spacial score (nSPS) is 12.0. The van der Waals surface area contributed by atoms with E-state index < -0.39 is 0 Å². The number of fused-ring (bicyclic) bond motifs is 11. The van der Waals surface area contributed by atoms with E-state index in [1.54, 1.807) is 0 Å². The predicted octanol–water partition coefficient (Wildman–Crippen LogP) is 14.4. The Bertz CT molecular complexity index is 3090. The van der Waals surface area contributed by atoms with Gasteiger partial charge in [-0.25, -0.2) is 0 Å². The monoisotopic (exact) mass is 652 g/mol. The summed E-state index contributed by atoms with van der Waals surface area (Å²) in [5.41, 5.74) is 9.20. The molecule has 9 aromatic carbocycles. The van der Waals surface area contributed by atoms with Crippen LogP contribution in [0.25, 0.3) is 108 Å². The first-order chi connectivity index (χ1) is 24.8. The highest BCUT2D eigenvalue weighted by atomic mass is 32.1. The molecule has 0 atom stereocenters. The van der Waals surface area contributed by atoms with Crippen molar-refractivity contribution in [2.75, 3.05) is 0 Å². The molecule has 0 bridgehead atoms. The van der Waals surface area contributed by atoms with E-state index in [-0.39, 0.29) is 0 Å². The van der Waals surface area contributed by atoms with E-state index in [2.05, 4.69) is 170 Å². The number of benzene rings is 9. The average Bonchev–Trinajstić information content (AvgIpc) is 3.75. The zero-order chi connectivity index (χ0) is 32.8. The number of thiophene rings is 1. The first-order valence-corrected chi connectivity index (χ1v) is 17.9. The summed E-state index contributed by atoms with van der Waals surface area (Å²) < 4.78 is 9.32. The molecular formula is C48H28OS. The molecule has 232 valence electrons. The maximum Gasteiger partial charge on any atom is 0.136 e. The lowest BCUT2D eigenvalue weighted by Crippen LogP contribution is -1.91. The SMILES string of the molecule is c1ccc(-c2c3ccccc3c(-c3cccc(-c4cc5oc6ccc7c8ccccc8sc7c6c5c5ccccc45)c3)c3ccccc23)cc1. The van der Waals surface area contributed by atoms with Crippen LogP contribution in [0.4, 0.5) is 0 Å². The molecule has 0 N–H and O–H groups in total. The summed E-state index contributed by atoms with van der Waals surface area (Å²) in [6.07, 6.45) is 0. The molecule has 0 radical (unpaired) electrons. The smallest absolute Gasteiger partial charge is 0.136 e. The van der Waals surface area contributed by atoms with E-state index in [0.717, 1.165) is 11.2 Å². The van der Waals surface area contributed by atoms with Gasteiger partial charge in [-0.2, -0.15) is 0 Å². The van der Waals surface area contributed by atoms with Crippen molar-refractivity contribution in [1.29, 1.82) is 0 Å². The van der Waals surface area contributed by atoms with Crippen LogP contribution in [-0.4, -0.2) is 0 Å². The van der Waals surface area contributed by atoms with E-state index in [1.165, 1.54) is 96.6 Å². The molecular weight excluding hydrogens is 625 g/mol. The minimum atomic E-state index is 0.923. The van der Waals surface area contributed by atoms with Gasteiger partial charge >= 0.3 is 0 Å². The molecule has 1 nitrogen and oxygen atoms in total. The third-order valence-electron chi connectivity index (χ3n) is 10.4. The lowest BCUT2D eigenvalue weighted by atomic mass is 9.85. The van der Waals surface area contributed by atoms with Crippen LogP contribution in [0.1, 0.15) is 0 Å². The van der Waals surface area contributed by atoms with Gasteiger partial charge in [0.25, 0.3) is 0 Å². The fourth-order valence-corrected chi connectivity index (χ4v) is 9.58. The molecule has 11 aromatic rings. The van der Waals surface area contributed by atoms with Crippen LogP contribution < -0.4 is 0 Å². The summed E-state index contributed by atoms with van der Waals surface area (Å²) in [6.45, 7) is 0. The van der Waals surface area contributed by atoms with Gasteiger partial charge in [-0.1, -0.05) is 140 Å². The average molecular weight is 653 g/mol. The van der Waals surface area contributed by atoms with Gasteiger partial charge in [0.15, 0.2) is 0 Å². The van der Waals surface area contributed by atoms with Gasteiger partial charge in [-0.3, -0.25) is 0 Å². The lowest BCUT2D eigenvalue weighted by Gasteiger charge is -2.18. The molecule has 0 fully saturated rings. The topological polar surface area (TPSA) is 13.1 Å². The van der Waals surface area contributed by atoms with Crippen LogP contribution in [0.3, 0.4) is 0 Å². The lowest BCUT2D eigenvalue weighted by molar-refractivity contribution is 0.669. The zero-order valence-electron chi connectivity index (χ0n) is 27.0. The molecule has 0 saturated carbocycles. The summed E-state index contributed by atoms with van der Waals surface area (Å²) in [7, 11) is 0. The number of hydrogen-bond acceptors (Lipinski definition) is 2. The molecule has 0 saturated heterocycles. The third-order valence-corrected chi connectivity index (χ3v) is 11.6. The maximum absolute atomic E-state index is 6.72. The minimum Gasteiger partial charge on any atom is -0.456 e. The third kappa shape index (κ3) is 3.94. The molecule has 0 aliphatic heterocycles. The van der Waals surface area contributed by atoms with Crippen molar-refractivity contribution >= 4 is 85.8 Å². The number of hydrogen-bond donors (Lipinski definition) is 0. The maximum atomic E-state index is 6.72. The van der Waals surface area contributed by atoms with Gasteiger partial charge in [0.2, 0.25) is 0 Å². The summed E-state index contributed by atoms with van der Waals surface area (Å²) >= 11 is 1.86. The largest absolute Gasteiger partial charge is 0.456 e. The Morgan fingerprint density at radius 3 is 1.62 bits per heavy atom. The molecule has 2 aromatic heterocycles. The molecule has 0 spiro atoms. The molecule has 2 heteroatoms. The van der Waals surface area contributed by atoms with Crippen molar-refractivity contribution in [3.63, 3.8) is 0 Å². The fraction of sp³-hybridized carbons (Fsp3) is 0. The highest BCUT2D eigenvalue weighted by Gasteiger charge is 2.20. The van der Waals surface area contributed by atoms with Crippen LogP contribution in [0, 0.1) is 0 Å². The van der Waals surface area contributed by atoms with E-state index >= 15 is 0 Å². The molecule has 0 amide bonds. The fourth-order valence-electron chi connectivity index (χ4n) is 8.34. The van der Waals surface area contributed by atoms with Crippen LogP contribution >= 0.6 is 11.3 Å². The zero-order valence-corrected chi connectivity index (χ0v) is 27.8. The Balaban J connectivity index is 1.18. The molecule has 0 aliphatic rings. The first-order valence-electron chi connectivity index (χ1n) is 17.1. The van der Waals surface area contributed by atoms with Gasteiger partial charge in [-0.05, 0) is 96.0 Å². The Morgan fingerprint density at radius 1 is 0.340 bits per heavy atom. The van der Waals surface area contributed by atoms with Crippen LogP contribution in [-0.2, 0) is 0 Å². The summed E-state index contributed by atoms with van der Waals surface area (Å²) in [5.74, 6) is 0. The number of rotatable bonds is 3. The van der Waals surface area contributed by atoms with Gasteiger partial charge < -0.3 is 4.42 Å². The summed E-state index contributed by atoms with van der Waals surface area (Å²) in [5, 5.41) is 12.5. The van der Waals surface area contributed by atoms with E-state index in [9.17, 15) is 0 Å². The Kier molecular flexibility index (Phi) is 5.89. The van der Waals surface area contributed by atoms with Crippen LogP contribution in [0.5, 0.6) is 0 Å². The second-order valence-electron chi connectivity index (χ2n) is 13.1. The van der Waals surface area contributed by atoms with Crippen molar-refractivity contribution in [1.82, 2.24) is 0 Å². The van der Waals surface area contributed by atoms with Crippen LogP contribution in [0.2, 0.25) is 0 Å². The first kappa shape index (κ1) is 27.7. The highest BCUT2D eigenvalue weighted by molar-refractivity contribution is 7.26. The van der Waals surface area contributed by atoms with E-state index in [1.807, 2.05) is 11.3 Å². The number of furan rings is 1. The van der Waals surface area contributed by atoms with Crippen molar-refractivity contribution in [2.45, 2.75) is 0 Å². The van der Waals surface area contributed by atoms with Crippen molar-refractivity contribution in [3.05, 3.63) is 170 Å². The Hall–Kier alpha value is -6.22. The van der Waals surface area contributed by atoms with Gasteiger partial charge in [0, 0.05) is 30.9 Å². The molecule has 2 heterocycles. The second kappa shape index (κ2) is 10.6. The summed E-state index contributed by atoms with van der Waals surface area (Å²) in [4.78, 5) is 0. The highest BCUT2D eigenvalue weighted by Crippen LogP contribution is 2.48. The minimum absolute atomic E-state index is 0.923. The summed E-state index contributed by atoms with van der Waals surface area (Å²) in [6, 6.07) is 61.8. The van der Waals surface area contributed by atoms with E-state index in [4.69, 9.17) is 4.42 Å². The van der Waals surface area contributed by atoms with Crippen molar-refractivity contribution in [2.24, 2.45) is 0 Å². The molecule has 50 heavy (non-hydrogen) atoms. The predicted molar refractivity (Wildman–Crippen MR) is 215 cm³/mol. The van der Waals surface area contributed by atoms with Crippen molar-refractivity contribution in [3.8, 4) is 33.4 Å². The molecule has 0 unspecified atom stereocenters. The Morgan fingerprint density at radius 2 is 0.900 bits per heavy atom. The van der Waals surface area contributed by atoms with Gasteiger partial charge in [-0.15, -0.1) is 11.3 Å².